The van der Waals surface area contributed by atoms with Gasteiger partial charge in [-0.25, -0.2) is 0 Å². The molecule has 1 aromatic heterocycles. The topological polar surface area (TPSA) is 91.5 Å². The molecule has 28 heavy (non-hydrogen) atoms. The van der Waals surface area contributed by atoms with Gasteiger partial charge in [0.2, 0.25) is 0 Å². The molecule has 0 saturated heterocycles. The molecule has 2 aromatic rings. The number of hydrogen-bond acceptors (Lipinski definition) is 4. The Bertz CT molecular complexity index is 776. The predicted octanol–water partition coefficient (Wildman–Crippen LogP) is 2.80. The van der Waals surface area contributed by atoms with Gasteiger partial charge in [0.05, 0.1) is 5.69 Å². The zero-order chi connectivity index (χ0) is 20.4. The number of guanidine groups is 1. The lowest BCUT2D eigenvalue weighted by atomic mass is 10.1. The zero-order valence-electron chi connectivity index (χ0n) is 17.3. The second kappa shape index (κ2) is 11.1. The molecule has 0 saturated carbocycles. The first-order chi connectivity index (χ1) is 13.6. The van der Waals surface area contributed by atoms with Crippen LogP contribution >= 0.6 is 0 Å². The average molecular weight is 386 g/mol. The van der Waals surface area contributed by atoms with E-state index in [4.69, 9.17) is 4.52 Å². The van der Waals surface area contributed by atoms with Crippen molar-refractivity contribution in [3.63, 3.8) is 0 Å². The number of aliphatic imine (C=N–C) groups is 1. The third-order valence-corrected chi connectivity index (χ3v) is 4.45. The molecule has 2 rings (SSSR count). The van der Waals surface area contributed by atoms with Gasteiger partial charge in [-0.2, -0.15) is 0 Å². The summed E-state index contributed by atoms with van der Waals surface area (Å²) in [5.74, 6) is 1.55. The lowest BCUT2D eigenvalue weighted by molar-refractivity contribution is 0.0953. The van der Waals surface area contributed by atoms with Crippen LogP contribution in [0.3, 0.4) is 0 Å². The molecule has 0 aliphatic carbocycles. The molecule has 7 nitrogen and oxygen atoms in total. The fourth-order valence-electron chi connectivity index (χ4n) is 2.88. The van der Waals surface area contributed by atoms with Gasteiger partial charge in [0.15, 0.2) is 5.96 Å². The normalized spacial score (nSPS) is 11.4. The maximum atomic E-state index is 12.1. The average Bonchev–Trinajstić information content (AvgIpc) is 3.14. The maximum Gasteiger partial charge on any atom is 0.251 e. The van der Waals surface area contributed by atoms with Crippen molar-refractivity contribution in [2.75, 3.05) is 13.6 Å². The van der Waals surface area contributed by atoms with Crippen LogP contribution in [0.15, 0.2) is 33.8 Å². The quantitative estimate of drug-likeness (QED) is 0.456. The molecule has 1 heterocycles. The van der Waals surface area contributed by atoms with Gasteiger partial charge in [0.25, 0.3) is 5.91 Å². The molecule has 0 aliphatic rings. The SMILES string of the molecule is CCCNC(=O)c1cccc(CNC(=NC)NCc2c(CC)noc2CC)c1. The number of nitrogens with one attached hydrogen (secondary N) is 3. The van der Waals surface area contributed by atoms with E-state index in [-0.39, 0.29) is 5.91 Å². The van der Waals surface area contributed by atoms with Crippen molar-refractivity contribution in [3.8, 4) is 0 Å². The van der Waals surface area contributed by atoms with Crippen molar-refractivity contribution >= 4 is 11.9 Å². The summed E-state index contributed by atoms with van der Waals surface area (Å²) < 4.78 is 5.41. The highest BCUT2D eigenvalue weighted by Gasteiger charge is 2.13. The van der Waals surface area contributed by atoms with E-state index in [2.05, 4.69) is 39.9 Å². The Morgan fingerprint density at radius 2 is 1.89 bits per heavy atom. The van der Waals surface area contributed by atoms with Crippen LogP contribution in [0.4, 0.5) is 0 Å². The van der Waals surface area contributed by atoms with E-state index in [1.807, 2.05) is 31.2 Å². The van der Waals surface area contributed by atoms with E-state index in [1.54, 1.807) is 7.05 Å². The summed E-state index contributed by atoms with van der Waals surface area (Å²) in [4.78, 5) is 16.4. The molecule has 1 amide bonds. The number of benzene rings is 1. The molecule has 0 atom stereocenters. The largest absolute Gasteiger partial charge is 0.361 e. The van der Waals surface area contributed by atoms with Crippen LogP contribution in [0.5, 0.6) is 0 Å². The Morgan fingerprint density at radius 3 is 2.57 bits per heavy atom. The van der Waals surface area contributed by atoms with Crippen LogP contribution in [-0.2, 0) is 25.9 Å². The fraction of sp³-hybridized carbons (Fsp3) is 0.476. The van der Waals surface area contributed by atoms with E-state index in [9.17, 15) is 4.79 Å². The van der Waals surface area contributed by atoms with Crippen molar-refractivity contribution in [3.05, 3.63) is 52.4 Å². The van der Waals surface area contributed by atoms with Crippen molar-refractivity contribution < 1.29 is 9.32 Å². The summed E-state index contributed by atoms with van der Waals surface area (Å²) in [6.07, 6.45) is 2.56. The highest BCUT2D eigenvalue weighted by molar-refractivity contribution is 5.94. The van der Waals surface area contributed by atoms with Gasteiger partial charge in [0.1, 0.15) is 5.76 Å². The summed E-state index contributed by atoms with van der Waals surface area (Å²) in [5.41, 5.74) is 3.76. The molecule has 0 unspecified atom stereocenters. The maximum absolute atomic E-state index is 12.1. The number of carbonyl (C=O) groups excluding carboxylic acids is 1. The van der Waals surface area contributed by atoms with E-state index in [0.717, 1.165) is 41.8 Å². The molecule has 3 N–H and O–H groups in total. The van der Waals surface area contributed by atoms with Crippen LogP contribution < -0.4 is 16.0 Å². The van der Waals surface area contributed by atoms with Gasteiger partial charge in [-0.15, -0.1) is 0 Å². The van der Waals surface area contributed by atoms with Crippen LogP contribution in [0.1, 0.15) is 60.1 Å². The predicted molar refractivity (Wildman–Crippen MR) is 111 cm³/mol. The van der Waals surface area contributed by atoms with E-state index in [0.29, 0.717) is 31.2 Å². The Hall–Kier alpha value is -2.83. The Balaban J connectivity index is 1.94. The molecule has 0 radical (unpaired) electrons. The highest BCUT2D eigenvalue weighted by atomic mass is 16.5. The van der Waals surface area contributed by atoms with E-state index < -0.39 is 0 Å². The zero-order valence-corrected chi connectivity index (χ0v) is 17.3. The van der Waals surface area contributed by atoms with Gasteiger partial charge >= 0.3 is 0 Å². The molecule has 1 aromatic carbocycles. The minimum absolute atomic E-state index is 0.0437. The summed E-state index contributed by atoms with van der Waals surface area (Å²) in [5, 5.41) is 13.6. The van der Waals surface area contributed by atoms with Crippen LogP contribution in [-0.4, -0.2) is 30.6 Å². The number of amides is 1. The number of rotatable bonds is 9. The summed E-state index contributed by atoms with van der Waals surface area (Å²) >= 11 is 0. The second-order valence-corrected chi connectivity index (χ2v) is 6.47. The third-order valence-electron chi connectivity index (χ3n) is 4.45. The Kier molecular flexibility index (Phi) is 8.52. The van der Waals surface area contributed by atoms with Gasteiger partial charge in [0, 0.05) is 44.2 Å². The van der Waals surface area contributed by atoms with Crippen molar-refractivity contribution in [2.24, 2.45) is 4.99 Å². The lowest BCUT2D eigenvalue weighted by Crippen LogP contribution is -2.36. The van der Waals surface area contributed by atoms with Crippen molar-refractivity contribution in [1.29, 1.82) is 0 Å². The third kappa shape index (κ3) is 5.84. The monoisotopic (exact) mass is 385 g/mol. The molecule has 0 spiro atoms. The lowest BCUT2D eigenvalue weighted by Gasteiger charge is -2.13. The fourth-order valence-corrected chi connectivity index (χ4v) is 2.88. The highest BCUT2D eigenvalue weighted by Crippen LogP contribution is 2.15. The Labute approximate surface area is 167 Å². The first-order valence-electron chi connectivity index (χ1n) is 9.90. The van der Waals surface area contributed by atoms with Gasteiger partial charge in [-0.1, -0.05) is 38.1 Å². The molecular formula is C21H31N5O2. The standard InChI is InChI=1S/C21H31N5O2/c1-5-11-23-20(27)16-10-8-9-15(12-16)13-24-21(22-4)25-14-17-18(6-2)26-28-19(17)7-3/h8-10,12H,5-7,11,13-14H2,1-4H3,(H,23,27)(H2,22,24,25). The number of hydrogen-bond donors (Lipinski definition) is 3. The molecule has 0 aliphatic heterocycles. The molecule has 0 bridgehead atoms. The van der Waals surface area contributed by atoms with E-state index in [1.165, 1.54) is 0 Å². The van der Waals surface area contributed by atoms with Gasteiger partial charge < -0.3 is 20.5 Å². The molecule has 0 fully saturated rings. The Morgan fingerprint density at radius 1 is 1.11 bits per heavy atom. The summed E-state index contributed by atoms with van der Waals surface area (Å²) in [7, 11) is 1.74. The molecule has 152 valence electrons. The van der Waals surface area contributed by atoms with Crippen LogP contribution in [0.2, 0.25) is 0 Å². The second-order valence-electron chi connectivity index (χ2n) is 6.47. The number of carbonyl (C=O) groups is 1. The van der Waals surface area contributed by atoms with Gasteiger partial charge in [-0.05, 0) is 30.5 Å². The summed E-state index contributed by atoms with van der Waals surface area (Å²) in [6, 6.07) is 7.61. The number of nitrogens with zero attached hydrogens (tertiary/aromatic N) is 2. The smallest absolute Gasteiger partial charge is 0.251 e. The summed E-state index contributed by atoms with van der Waals surface area (Å²) in [6.45, 7) is 8.01. The van der Waals surface area contributed by atoms with Gasteiger partial charge in [-0.3, -0.25) is 9.79 Å². The molecular weight excluding hydrogens is 354 g/mol. The first kappa shape index (κ1) is 21.5. The minimum atomic E-state index is -0.0437. The molecule has 7 heteroatoms. The first-order valence-corrected chi connectivity index (χ1v) is 9.90. The van der Waals surface area contributed by atoms with Crippen molar-refractivity contribution in [2.45, 2.75) is 53.1 Å². The van der Waals surface area contributed by atoms with Crippen LogP contribution in [0.25, 0.3) is 0 Å². The van der Waals surface area contributed by atoms with E-state index >= 15 is 0 Å². The minimum Gasteiger partial charge on any atom is -0.361 e. The number of aryl methyl sites for hydroxylation is 2. The van der Waals surface area contributed by atoms with Crippen LogP contribution in [0, 0.1) is 0 Å². The number of aromatic nitrogens is 1. The van der Waals surface area contributed by atoms with Crippen molar-refractivity contribution in [1.82, 2.24) is 21.1 Å².